The van der Waals surface area contributed by atoms with E-state index in [9.17, 15) is 21.6 Å². The Balaban J connectivity index is 3.02. The molecule has 0 fully saturated rings. The molecule has 1 rings (SSSR count). The predicted molar refractivity (Wildman–Crippen MR) is 44.2 cm³/mol. The highest BCUT2D eigenvalue weighted by Gasteiger charge is 2.51. The average Bonchev–Trinajstić information content (AvgIpc) is 1.92. The van der Waals surface area contributed by atoms with Crippen LogP contribution in [0.4, 0.5) is 13.2 Å². The van der Waals surface area contributed by atoms with Crippen molar-refractivity contribution in [3.05, 3.63) is 11.8 Å². The summed E-state index contributed by atoms with van der Waals surface area (Å²) in [6.07, 6.45) is -1.23. The van der Waals surface area contributed by atoms with Gasteiger partial charge >= 0.3 is 21.6 Å². The SMILES string of the molecule is O=S(=O)(OC1=CC(O)(O)OC(O)(O)C1)C(F)(F)F. The highest BCUT2D eigenvalue weighted by Crippen LogP contribution is 2.33. The van der Waals surface area contributed by atoms with Crippen molar-refractivity contribution in [2.24, 2.45) is 0 Å². The maximum atomic E-state index is 12.0. The lowest BCUT2D eigenvalue weighted by Crippen LogP contribution is -2.48. The molecule has 0 saturated heterocycles. The zero-order valence-corrected chi connectivity index (χ0v) is 9.06. The van der Waals surface area contributed by atoms with E-state index in [0.717, 1.165) is 0 Å². The molecule has 4 N–H and O–H groups in total. The Morgan fingerprint density at radius 3 is 2.17 bits per heavy atom. The Morgan fingerprint density at radius 2 is 1.78 bits per heavy atom. The van der Waals surface area contributed by atoms with E-state index in [1.54, 1.807) is 0 Å². The summed E-state index contributed by atoms with van der Waals surface area (Å²) in [5.74, 6) is -7.94. The Labute approximate surface area is 97.6 Å². The number of hydrogen-bond acceptors (Lipinski definition) is 8. The highest BCUT2D eigenvalue weighted by atomic mass is 32.2. The van der Waals surface area contributed by atoms with Crippen molar-refractivity contribution in [1.29, 1.82) is 0 Å². The van der Waals surface area contributed by atoms with Gasteiger partial charge in [-0.25, -0.2) is 0 Å². The molecule has 12 heteroatoms. The zero-order chi connectivity index (χ0) is 14.4. The molecule has 0 saturated carbocycles. The second-order valence-corrected chi connectivity index (χ2v) is 4.81. The van der Waals surface area contributed by atoms with Crippen molar-refractivity contribution in [3.8, 4) is 0 Å². The van der Waals surface area contributed by atoms with Crippen molar-refractivity contribution < 1.29 is 50.9 Å². The quantitative estimate of drug-likeness (QED) is 0.273. The molecule has 1 heterocycles. The number of hydrogen-bond donors (Lipinski definition) is 4. The van der Waals surface area contributed by atoms with E-state index in [4.69, 9.17) is 20.4 Å². The topological polar surface area (TPSA) is 134 Å². The second-order valence-electron chi connectivity index (χ2n) is 3.27. The van der Waals surface area contributed by atoms with E-state index in [-0.39, 0.29) is 6.08 Å². The predicted octanol–water partition coefficient (Wildman–Crippen LogP) is -1.57. The van der Waals surface area contributed by atoms with Crippen LogP contribution in [0, 0.1) is 0 Å². The van der Waals surface area contributed by atoms with Gasteiger partial charge in [-0.05, 0) is 0 Å². The summed E-state index contributed by atoms with van der Waals surface area (Å²) >= 11 is 0. The van der Waals surface area contributed by atoms with Gasteiger partial charge in [0.25, 0.3) is 5.97 Å². The lowest BCUT2D eigenvalue weighted by Gasteiger charge is -2.33. The molecule has 0 aromatic heterocycles. The van der Waals surface area contributed by atoms with Gasteiger partial charge in [0.2, 0.25) is 0 Å². The Morgan fingerprint density at radius 1 is 1.28 bits per heavy atom. The van der Waals surface area contributed by atoms with Crippen molar-refractivity contribution in [2.45, 2.75) is 23.9 Å². The fourth-order valence-corrected chi connectivity index (χ4v) is 1.52. The Bertz CT molecular complexity index is 462. The first kappa shape index (κ1) is 15.1. The highest BCUT2D eigenvalue weighted by molar-refractivity contribution is 7.87. The first-order chi connectivity index (χ1) is 7.74. The van der Waals surface area contributed by atoms with Gasteiger partial charge in [-0.15, -0.1) is 0 Å². The van der Waals surface area contributed by atoms with E-state index in [1.165, 1.54) is 0 Å². The zero-order valence-electron chi connectivity index (χ0n) is 8.25. The maximum Gasteiger partial charge on any atom is 0.534 e. The molecular formula is C6H7F3O8S. The van der Waals surface area contributed by atoms with Gasteiger partial charge < -0.3 is 24.6 Å². The van der Waals surface area contributed by atoms with Gasteiger partial charge in [0.05, 0.1) is 6.42 Å². The van der Waals surface area contributed by atoms with Crippen LogP contribution >= 0.6 is 0 Å². The molecule has 0 atom stereocenters. The van der Waals surface area contributed by atoms with Crippen molar-refractivity contribution in [1.82, 2.24) is 0 Å². The smallest absolute Gasteiger partial charge is 0.380 e. The third kappa shape index (κ3) is 3.54. The number of aliphatic hydroxyl groups is 4. The summed E-state index contributed by atoms with van der Waals surface area (Å²) < 4.78 is 64.3. The first-order valence-corrected chi connectivity index (χ1v) is 5.47. The molecule has 106 valence electrons. The van der Waals surface area contributed by atoms with E-state index in [2.05, 4.69) is 8.92 Å². The molecule has 0 bridgehead atoms. The second kappa shape index (κ2) is 4.04. The third-order valence-electron chi connectivity index (χ3n) is 1.57. The van der Waals surface area contributed by atoms with Crippen LogP contribution in [0.15, 0.2) is 11.8 Å². The summed E-state index contributed by atoms with van der Waals surface area (Å²) in [7, 11) is -6.07. The molecule has 0 radical (unpaired) electrons. The van der Waals surface area contributed by atoms with Gasteiger partial charge in [-0.1, -0.05) is 0 Å². The monoisotopic (exact) mass is 296 g/mol. The van der Waals surface area contributed by atoms with E-state index < -0.39 is 39.8 Å². The summed E-state index contributed by atoms with van der Waals surface area (Å²) in [5, 5.41) is 35.5. The van der Waals surface area contributed by atoms with Gasteiger partial charge in [-0.3, -0.25) is 4.74 Å². The number of halogens is 3. The van der Waals surface area contributed by atoms with Crippen LogP contribution in [-0.4, -0.2) is 46.3 Å². The van der Waals surface area contributed by atoms with Crippen LogP contribution in [0.1, 0.15) is 6.42 Å². The van der Waals surface area contributed by atoms with Crippen molar-refractivity contribution in [3.63, 3.8) is 0 Å². The molecule has 8 nitrogen and oxygen atoms in total. The third-order valence-corrected chi connectivity index (χ3v) is 2.57. The largest absolute Gasteiger partial charge is 0.534 e. The number of rotatable bonds is 2. The molecule has 1 aliphatic heterocycles. The standard InChI is InChI=1S/C6H7F3O8S/c7-6(8,9)18(14,15)16-3-1-4(10,11)17-5(12,13)2-3/h1,10-13H,2H2. The molecule has 0 aromatic carbocycles. The Hall–Kier alpha value is -0.920. The molecule has 0 spiro atoms. The lowest BCUT2D eigenvalue weighted by atomic mass is 10.2. The van der Waals surface area contributed by atoms with Crippen LogP contribution < -0.4 is 0 Å². The van der Waals surface area contributed by atoms with Crippen LogP contribution in [-0.2, 0) is 19.0 Å². The van der Waals surface area contributed by atoms with Crippen molar-refractivity contribution >= 4 is 10.1 Å². The van der Waals surface area contributed by atoms with E-state index >= 15 is 0 Å². The summed E-state index contributed by atoms with van der Waals surface area (Å²) in [4.78, 5) is 0. The van der Waals surface area contributed by atoms with Crippen LogP contribution in [0.5, 0.6) is 0 Å². The normalized spacial score (nSPS) is 23.4. The Kier molecular flexibility index (Phi) is 3.40. The van der Waals surface area contributed by atoms with Crippen LogP contribution in [0.3, 0.4) is 0 Å². The number of alkyl halides is 3. The minimum Gasteiger partial charge on any atom is -0.380 e. The van der Waals surface area contributed by atoms with Gasteiger partial charge in [0, 0.05) is 6.08 Å². The fraction of sp³-hybridized carbons (Fsp3) is 0.667. The first-order valence-electron chi connectivity index (χ1n) is 4.06. The molecule has 18 heavy (non-hydrogen) atoms. The molecular weight excluding hydrogens is 289 g/mol. The summed E-state index contributed by atoms with van der Waals surface area (Å²) in [6.45, 7) is 0. The number of ether oxygens (including phenoxy) is 1. The molecule has 0 unspecified atom stereocenters. The van der Waals surface area contributed by atoms with Crippen LogP contribution in [0.25, 0.3) is 0 Å². The lowest BCUT2D eigenvalue weighted by molar-refractivity contribution is -0.459. The summed E-state index contributed by atoms with van der Waals surface area (Å²) in [6, 6.07) is 0. The molecule has 0 aromatic rings. The summed E-state index contributed by atoms with van der Waals surface area (Å²) in [5.41, 5.74) is -5.76. The average molecular weight is 296 g/mol. The van der Waals surface area contributed by atoms with E-state index in [0.29, 0.717) is 0 Å². The van der Waals surface area contributed by atoms with Gasteiger partial charge in [0.1, 0.15) is 5.76 Å². The maximum absolute atomic E-state index is 12.0. The molecule has 1 aliphatic rings. The van der Waals surface area contributed by atoms with Gasteiger partial charge in [-0.2, -0.15) is 21.6 Å². The fourth-order valence-electron chi connectivity index (χ4n) is 1.04. The van der Waals surface area contributed by atoms with E-state index in [1.807, 2.05) is 0 Å². The van der Waals surface area contributed by atoms with Crippen molar-refractivity contribution in [2.75, 3.05) is 0 Å². The van der Waals surface area contributed by atoms with Crippen LogP contribution in [0.2, 0.25) is 0 Å². The minimum absolute atomic E-state index is 0.0288. The minimum atomic E-state index is -6.07. The molecule has 0 amide bonds. The van der Waals surface area contributed by atoms with Gasteiger partial charge in [0.15, 0.2) is 0 Å². The molecule has 0 aliphatic carbocycles.